The quantitative estimate of drug-likeness (QED) is 0.485. The Morgan fingerprint density at radius 2 is 1.26 bits per heavy atom. The van der Waals surface area contributed by atoms with E-state index in [-0.39, 0.29) is 11.5 Å². The van der Waals surface area contributed by atoms with E-state index < -0.39 is 21.5 Å². The molecule has 0 aliphatic heterocycles. The molecule has 0 N–H and O–H groups in total. The SMILES string of the molecule is O=[SH](=O)Oc1ccc(/C=C/c2ccc(OS(=O)(=O)F)cc2)cc1. The second-order valence-corrected chi connectivity index (χ2v) is 5.85. The summed E-state index contributed by atoms with van der Waals surface area (Å²) in [6, 6.07) is 12.1. The molecule has 0 fully saturated rings. The zero-order valence-electron chi connectivity index (χ0n) is 11.5. The molecule has 0 bridgehead atoms. The van der Waals surface area contributed by atoms with Gasteiger partial charge in [-0.15, -0.1) is 0 Å². The lowest BCUT2D eigenvalue weighted by Gasteiger charge is -2.00. The monoisotopic (exact) mass is 358 g/mol. The molecule has 0 aliphatic carbocycles. The molecule has 2 aromatic carbocycles. The van der Waals surface area contributed by atoms with Crippen molar-refractivity contribution in [3.05, 3.63) is 59.7 Å². The molecular weight excluding hydrogens is 347 g/mol. The Bertz CT molecular complexity index is 860. The highest BCUT2D eigenvalue weighted by molar-refractivity contribution is 7.81. The van der Waals surface area contributed by atoms with Crippen molar-refractivity contribution in [3.63, 3.8) is 0 Å². The molecule has 0 aromatic heterocycles. The first kappa shape index (κ1) is 17.0. The van der Waals surface area contributed by atoms with Gasteiger partial charge < -0.3 is 8.37 Å². The molecule has 0 spiro atoms. The Morgan fingerprint density at radius 1 is 0.826 bits per heavy atom. The van der Waals surface area contributed by atoms with E-state index in [0.717, 1.165) is 11.1 Å². The molecule has 0 radical (unpaired) electrons. The standard InChI is InChI=1S/C14H11FO6S2/c15-23(18,19)21-14-9-5-12(6-10-14)2-1-11-3-7-13(8-4-11)20-22(16)17/h1-10,22H/b2-1+. The van der Waals surface area contributed by atoms with Crippen LogP contribution in [0.25, 0.3) is 12.2 Å². The summed E-state index contributed by atoms with van der Waals surface area (Å²) in [4.78, 5) is 0. The van der Waals surface area contributed by atoms with Crippen molar-refractivity contribution >= 4 is 33.6 Å². The van der Waals surface area contributed by atoms with Gasteiger partial charge in [-0.1, -0.05) is 40.3 Å². The van der Waals surface area contributed by atoms with Gasteiger partial charge in [-0.2, -0.15) is 16.8 Å². The van der Waals surface area contributed by atoms with Crippen molar-refractivity contribution in [2.45, 2.75) is 0 Å². The first-order chi connectivity index (χ1) is 10.8. The van der Waals surface area contributed by atoms with Crippen molar-refractivity contribution in [2.75, 3.05) is 0 Å². The lowest BCUT2D eigenvalue weighted by Crippen LogP contribution is -2.00. The third-order valence-electron chi connectivity index (χ3n) is 2.60. The Balaban J connectivity index is 2.05. The molecule has 2 rings (SSSR count). The van der Waals surface area contributed by atoms with E-state index in [4.69, 9.17) is 0 Å². The number of hydrogen-bond acceptors (Lipinski definition) is 6. The molecule has 0 unspecified atom stereocenters. The van der Waals surface area contributed by atoms with E-state index in [1.54, 1.807) is 36.4 Å². The minimum Gasteiger partial charge on any atom is -0.384 e. The number of thiol groups is 1. The predicted octanol–water partition coefficient (Wildman–Crippen LogP) is 2.36. The summed E-state index contributed by atoms with van der Waals surface area (Å²) in [5.41, 5.74) is 1.53. The molecule has 0 amide bonds. The highest BCUT2D eigenvalue weighted by Gasteiger charge is 2.08. The van der Waals surface area contributed by atoms with Crippen LogP contribution in [0.3, 0.4) is 0 Å². The number of benzene rings is 2. The maximum Gasteiger partial charge on any atom is 0.488 e. The van der Waals surface area contributed by atoms with Crippen LogP contribution in [0.1, 0.15) is 11.1 Å². The highest BCUT2D eigenvalue weighted by Crippen LogP contribution is 2.18. The van der Waals surface area contributed by atoms with Gasteiger partial charge in [0, 0.05) is 0 Å². The molecule has 0 saturated heterocycles. The molecule has 122 valence electrons. The van der Waals surface area contributed by atoms with Crippen LogP contribution in [0.4, 0.5) is 3.89 Å². The van der Waals surface area contributed by atoms with Crippen LogP contribution in [-0.2, 0) is 21.5 Å². The van der Waals surface area contributed by atoms with Crippen molar-refractivity contribution in [1.82, 2.24) is 0 Å². The smallest absolute Gasteiger partial charge is 0.384 e. The molecule has 0 saturated carbocycles. The fourth-order valence-corrected chi connectivity index (χ4v) is 2.30. The van der Waals surface area contributed by atoms with Gasteiger partial charge >= 0.3 is 10.5 Å². The molecule has 0 atom stereocenters. The Hall–Kier alpha value is -2.39. The maximum absolute atomic E-state index is 12.3. The number of rotatable bonds is 6. The summed E-state index contributed by atoms with van der Waals surface area (Å²) in [5.74, 6) is 0.0880. The van der Waals surface area contributed by atoms with Crippen LogP contribution in [0, 0.1) is 0 Å². The minimum absolute atomic E-state index is 0.127. The van der Waals surface area contributed by atoms with Crippen molar-refractivity contribution in [1.29, 1.82) is 0 Å². The lowest BCUT2D eigenvalue weighted by molar-refractivity contribution is 0.440. The van der Waals surface area contributed by atoms with E-state index in [1.807, 2.05) is 0 Å². The lowest BCUT2D eigenvalue weighted by atomic mass is 10.1. The second kappa shape index (κ2) is 7.25. The molecule has 23 heavy (non-hydrogen) atoms. The average Bonchev–Trinajstić information content (AvgIpc) is 2.46. The first-order valence-corrected chi connectivity index (χ1v) is 8.57. The molecule has 6 nitrogen and oxygen atoms in total. The van der Waals surface area contributed by atoms with E-state index >= 15 is 0 Å². The van der Waals surface area contributed by atoms with Gasteiger partial charge in [0.15, 0.2) is 0 Å². The predicted molar refractivity (Wildman–Crippen MR) is 83.4 cm³/mol. The first-order valence-electron chi connectivity index (χ1n) is 6.16. The second-order valence-electron chi connectivity index (χ2n) is 4.26. The van der Waals surface area contributed by atoms with Crippen molar-refractivity contribution < 1.29 is 29.1 Å². The summed E-state index contributed by atoms with van der Waals surface area (Å²) in [6.45, 7) is 0. The van der Waals surface area contributed by atoms with Crippen LogP contribution < -0.4 is 8.37 Å². The Kier molecular flexibility index (Phi) is 5.35. The van der Waals surface area contributed by atoms with E-state index in [0.29, 0.717) is 0 Å². The summed E-state index contributed by atoms with van der Waals surface area (Å²) in [7, 11) is -7.97. The van der Waals surface area contributed by atoms with Crippen molar-refractivity contribution in [3.8, 4) is 11.5 Å². The third-order valence-corrected chi connectivity index (χ3v) is 3.36. The van der Waals surface area contributed by atoms with Gasteiger partial charge in [0.05, 0.1) is 0 Å². The maximum atomic E-state index is 12.3. The van der Waals surface area contributed by atoms with Crippen LogP contribution in [0.2, 0.25) is 0 Å². The van der Waals surface area contributed by atoms with Gasteiger partial charge in [0.25, 0.3) is 11.0 Å². The van der Waals surface area contributed by atoms with Gasteiger partial charge in [-0.05, 0) is 35.4 Å². The zero-order chi connectivity index (χ0) is 16.9. The van der Waals surface area contributed by atoms with E-state index in [9.17, 15) is 20.7 Å². The summed E-state index contributed by atoms with van der Waals surface area (Å²) in [5, 5.41) is 0. The van der Waals surface area contributed by atoms with Crippen LogP contribution in [-0.4, -0.2) is 16.8 Å². The van der Waals surface area contributed by atoms with E-state index in [1.165, 1.54) is 24.3 Å². The topological polar surface area (TPSA) is 86.7 Å². The highest BCUT2D eigenvalue weighted by atomic mass is 32.3. The van der Waals surface area contributed by atoms with Gasteiger partial charge in [0.2, 0.25) is 0 Å². The minimum atomic E-state index is -5.03. The molecule has 9 heteroatoms. The normalized spacial score (nSPS) is 11.7. The van der Waals surface area contributed by atoms with Crippen LogP contribution in [0.5, 0.6) is 11.5 Å². The van der Waals surface area contributed by atoms with Gasteiger partial charge in [0.1, 0.15) is 11.5 Å². The fraction of sp³-hybridized carbons (Fsp3) is 0. The zero-order valence-corrected chi connectivity index (χ0v) is 13.2. The van der Waals surface area contributed by atoms with E-state index in [2.05, 4.69) is 8.37 Å². The molecular formula is C14H11FO6S2. The molecule has 0 aliphatic rings. The summed E-state index contributed by atoms with van der Waals surface area (Å²) in [6.07, 6.45) is 3.49. The number of hydrogen-bond donors (Lipinski definition) is 1. The summed E-state index contributed by atoms with van der Waals surface area (Å²) >= 11 is 0. The van der Waals surface area contributed by atoms with Gasteiger partial charge in [-0.3, -0.25) is 0 Å². The van der Waals surface area contributed by atoms with Crippen molar-refractivity contribution in [2.24, 2.45) is 0 Å². The third kappa shape index (κ3) is 6.09. The Morgan fingerprint density at radius 3 is 1.65 bits per heavy atom. The molecule has 2 aromatic rings. The van der Waals surface area contributed by atoms with Gasteiger partial charge in [-0.25, -0.2) is 0 Å². The largest absolute Gasteiger partial charge is 0.488 e. The number of halogens is 1. The fourth-order valence-electron chi connectivity index (χ4n) is 1.67. The summed E-state index contributed by atoms with van der Waals surface area (Å²) < 4.78 is 62.4. The average molecular weight is 358 g/mol. The Labute approximate surface area is 134 Å². The molecule has 0 heterocycles. The van der Waals surface area contributed by atoms with Crippen LogP contribution >= 0.6 is 0 Å². The van der Waals surface area contributed by atoms with Crippen LogP contribution in [0.15, 0.2) is 48.5 Å².